The number of methoxy groups -OCH3 is 1. The molecule has 82 valence electrons. The maximum absolute atomic E-state index is 10.8. The Morgan fingerprint density at radius 3 is 2.67 bits per heavy atom. The summed E-state index contributed by atoms with van der Waals surface area (Å²) in [6.07, 6.45) is -0.133. The molecule has 0 aliphatic rings. The van der Waals surface area contributed by atoms with Crippen LogP contribution in [0.4, 0.5) is 10.5 Å². The van der Waals surface area contributed by atoms with Crippen LogP contribution in [-0.2, 0) is 6.42 Å². The van der Waals surface area contributed by atoms with Gasteiger partial charge in [0.15, 0.2) is 0 Å². The topological polar surface area (TPSA) is 49.8 Å². The highest BCUT2D eigenvalue weighted by Gasteiger charge is 2.13. The maximum atomic E-state index is 10.8. The SMILES string of the molecule is CCc1ccc(OC)c(N(C)C(=O)O)c1. The van der Waals surface area contributed by atoms with Crippen LogP contribution in [0.5, 0.6) is 5.75 Å². The first-order valence-corrected chi connectivity index (χ1v) is 4.73. The van der Waals surface area contributed by atoms with Crippen molar-refractivity contribution in [2.45, 2.75) is 13.3 Å². The number of hydrogen-bond acceptors (Lipinski definition) is 2. The first kappa shape index (κ1) is 11.4. The molecule has 0 spiro atoms. The Bertz CT molecular complexity index is 363. The quantitative estimate of drug-likeness (QED) is 0.831. The van der Waals surface area contributed by atoms with Gasteiger partial charge >= 0.3 is 6.09 Å². The number of nitrogens with zero attached hydrogens (tertiary/aromatic N) is 1. The largest absolute Gasteiger partial charge is 0.495 e. The van der Waals surface area contributed by atoms with Crippen LogP contribution in [0.25, 0.3) is 0 Å². The third-order valence-corrected chi connectivity index (χ3v) is 2.30. The maximum Gasteiger partial charge on any atom is 0.411 e. The van der Waals surface area contributed by atoms with E-state index in [2.05, 4.69) is 0 Å². The third-order valence-electron chi connectivity index (χ3n) is 2.30. The van der Waals surface area contributed by atoms with Crippen molar-refractivity contribution in [3.05, 3.63) is 23.8 Å². The number of benzene rings is 1. The molecular formula is C11H15NO3. The molecule has 0 radical (unpaired) electrons. The lowest BCUT2D eigenvalue weighted by Gasteiger charge is -2.17. The number of carboxylic acid groups (broad SMARTS) is 1. The molecule has 1 aromatic carbocycles. The molecule has 0 heterocycles. The van der Waals surface area contributed by atoms with Crippen LogP contribution in [0, 0.1) is 0 Å². The number of anilines is 1. The zero-order valence-corrected chi connectivity index (χ0v) is 9.15. The van der Waals surface area contributed by atoms with E-state index in [9.17, 15) is 4.79 Å². The number of amides is 1. The van der Waals surface area contributed by atoms with Gasteiger partial charge in [0.1, 0.15) is 5.75 Å². The van der Waals surface area contributed by atoms with Gasteiger partial charge in [0.05, 0.1) is 12.8 Å². The second kappa shape index (κ2) is 4.68. The molecule has 0 atom stereocenters. The van der Waals surface area contributed by atoms with Crippen molar-refractivity contribution in [3.63, 3.8) is 0 Å². The van der Waals surface area contributed by atoms with Crippen LogP contribution in [0.2, 0.25) is 0 Å². The standard InChI is InChI=1S/C11H15NO3/c1-4-8-5-6-10(15-3)9(7-8)12(2)11(13)14/h5-7H,4H2,1-3H3,(H,13,14). The lowest BCUT2D eigenvalue weighted by atomic mass is 10.1. The normalized spacial score (nSPS) is 9.80. The van der Waals surface area contributed by atoms with E-state index < -0.39 is 6.09 Å². The van der Waals surface area contributed by atoms with Crippen LogP contribution in [0.1, 0.15) is 12.5 Å². The van der Waals surface area contributed by atoms with Crippen LogP contribution in [0.15, 0.2) is 18.2 Å². The molecule has 0 saturated heterocycles. The predicted molar refractivity (Wildman–Crippen MR) is 58.8 cm³/mol. The zero-order valence-electron chi connectivity index (χ0n) is 9.15. The van der Waals surface area contributed by atoms with Crippen LogP contribution >= 0.6 is 0 Å². The number of rotatable bonds is 3. The van der Waals surface area contributed by atoms with Gasteiger partial charge in [0.2, 0.25) is 0 Å². The van der Waals surface area contributed by atoms with E-state index in [1.54, 1.807) is 6.07 Å². The number of carbonyl (C=O) groups is 1. The fraction of sp³-hybridized carbons (Fsp3) is 0.364. The van der Waals surface area contributed by atoms with Gasteiger partial charge in [-0.25, -0.2) is 4.79 Å². The van der Waals surface area contributed by atoms with E-state index >= 15 is 0 Å². The molecule has 0 unspecified atom stereocenters. The second-order valence-corrected chi connectivity index (χ2v) is 3.20. The Labute approximate surface area is 89.1 Å². The van der Waals surface area contributed by atoms with Gasteiger partial charge in [-0.3, -0.25) is 4.90 Å². The summed E-state index contributed by atoms with van der Waals surface area (Å²) in [5.74, 6) is 0.567. The summed E-state index contributed by atoms with van der Waals surface area (Å²) in [6, 6.07) is 5.54. The number of aryl methyl sites for hydroxylation is 1. The molecule has 4 heteroatoms. The first-order valence-electron chi connectivity index (χ1n) is 4.73. The Morgan fingerprint density at radius 1 is 1.53 bits per heavy atom. The molecule has 1 N–H and O–H groups in total. The molecule has 1 amide bonds. The van der Waals surface area contributed by atoms with Crippen molar-refractivity contribution in [2.24, 2.45) is 0 Å². The average molecular weight is 209 g/mol. The fourth-order valence-electron chi connectivity index (χ4n) is 1.32. The van der Waals surface area contributed by atoms with Crippen molar-refractivity contribution in [1.82, 2.24) is 0 Å². The summed E-state index contributed by atoms with van der Waals surface area (Å²) in [4.78, 5) is 12.0. The minimum Gasteiger partial charge on any atom is -0.495 e. The van der Waals surface area contributed by atoms with Gasteiger partial charge in [-0.2, -0.15) is 0 Å². The lowest BCUT2D eigenvalue weighted by Crippen LogP contribution is -2.24. The summed E-state index contributed by atoms with van der Waals surface area (Å²) >= 11 is 0. The van der Waals surface area contributed by atoms with Crippen LogP contribution in [-0.4, -0.2) is 25.4 Å². The van der Waals surface area contributed by atoms with E-state index in [0.717, 1.165) is 16.9 Å². The van der Waals surface area contributed by atoms with Gasteiger partial charge in [-0.05, 0) is 24.1 Å². The Balaban J connectivity index is 3.16. The summed E-state index contributed by atoms with van der Waals surface area (Å²) in [6.45, 7) is 2.02. The molecule has 4 nitrogen and oxygen atoms in total. The van der Waals surface area contributed by atoms with Gasteiger partial charge in [0.25, 0.3) is 0 Å². The molecule has 0 aromatic heterocycles. The average Bonchev–Trinajstić information content (AvgIpc) is 2.27. The highest BCUT2D eigenvalue weighted by Crippen LogP contribution is 2.28. The summed E-state index contributed by atoms with van der Waals surface area (Å²) in [7, 11) is 3.03. The van der Waals surface area contributed by atoms with Crippen LogP contribution < -0.4 is 9.64 Å². The van der Waals surface area contributed by atoms with Crippen molar-refractivity contribution < 1.29 is 14.6 Å². The zero-order chi connectivity index (χ0) is 11.4. The van der Waals surface area contributed by atoms with Gasteiger partial charge in [-0.1, -0.05) is 13.0 Å². The monoisotopic (exact) mass is 209 g/mol. The predicted octanol–water partition coefficient (Wildman–Crippen LogP) is 2.37. The third kappa shape index (κ3) is 2.40. The van der Waals surface area contributed by atoms with Crippen molar-refractivity contribution in [1.29, 1.82) is 0 Å². The minimum absolute atomic E-state index is 0.567. The van der Waals surface area contributed by atoms with E-state index in [0.29, 0.717) is 11.4 Å². The lowest BCUT2D eigenvalue weighted by molar-refractivity contribution is 0.203. The van der Waals surface area contributed by atoms with Crippen molar-refractivity contribution in [2.75, 3.05) is 19.1 Å². The molecule has 1 aromatic rings. The van der Waals surface area contributed by atoms with Gasteiger partial charge in [0, 0.05) is 7.05 Å². The molecule has 0 bridgehead atoms. The highest BCUT2D eigenvalue weighted by molar-refractivity contribution is 5.87. The molecular weight excluding hydrogens is 194 g/mol. The highest BCUT2D eigenvalue weighted by atomic mass is 16.5. The van der Waals surface area contributed by atoms with Gasteiger partial charge in [-0.15, -0.1) is 0 Å². The number of ether oxygens (including phenoxy) is 1. The molecule has 0 saturated carbocycles. The molecule has 1 rings (SSSR count). The minimum atomic E-state index is -0.999. The van der Waals surface area contributed by atoms with Crippen molar-refractivity contribution >= 4 is 11.8 Å². The van der Waals surface area contributed by atoms with Gasteiger partial charge < -0.3 is 9.84 Å². The summed E-state index contributed by atoms with van der Waals surface area (Å²) in [5, 5.41) is 8.89. The molecule has 15 heavy (non-hydrogen) atoms. The second-order valence-electron chi connectivity index (χ2n) is 3.20. The smallest absolute Gasteiger partial charge is 0.411 e. The van der Waals surface area contributed by atoms with E-state index in [1.807, 2.05) is 19.1 Å². The molecule has 0 aliphatic carbocycles. The molecule has 0 fully saturated rings. The van der Waals surface area contributed by atoms with E-state index in [-0.39, 0.29) is 0 Å². The Hall–Kier alpha value is -1.71. The van der Waals surface area contributed by atoms with E-state index in [4.69, 9.17) is 9.84 Å². The van der Waals surface area contributed by atoms with E-state index in [1.165, 1.54) is 14.2 Å². The number of hydrogen-bond donors (Lipinski definition) is 1. The summed E-state index contributed by atoms with van der Waals surface area (Å²) < 4.78 is 5.11. The Morgan fingerprint density at radius 2 is 2.20 bits per heavy atom. The Kier molecular flexibility index (Phi) is 3.55. The molecule has 0 aliphatic heterocycles. The van der Waals surface area contributed by atoms with Crippen molar-refractivity contribution in [3.8, 4) is 5.75 Å². The fourth-order valence-corrected chi connectivity index (χ4v) is 1.32. The summed E-state index contributed by atoms with van der Waals surface area (Å²) in [5.41, 5.74) is 1.66. The first-order chi connectivity index (χ1) is 7.10. The van der Waals surface area contributed by atoms with Crippen LogP contribution in [0.3, 0.4) is 0 Å².